The summed E-state index contributed by atoms with van der Waals surface area (Å²) in [5.41, 5.74) is 0. The van der Waals surface area contributed by atoms with Crippen molar-refractivity contribution in [3.05, 3.63) is 0 Å². The monoisotopic (exact) mass is 246 g/mol. The molecule has 0 bridgehead atoms. The molecule has 2 aliphatic rings. The molecule has 4 nitrogen and oxygen atoms in total. The zero-order valence-electron chi connectivity index (χ0n) is 9.98. The lowest BCUT2D eigenvalue weighted by molar-refractivity contribution is 0.263. The molecule has 5 heteroatoms. The second kappa shape index (κ2) is 5.02. The number of nitrogens with zero attached hydrogens (tertiary/aromatic N) is 1. The third-order valence-corrected chi connectivity index (χ3v) is 5.52. The number of rotatable bonds is 5. The molecule has 2 fully saturated rings. The van der Waals surface area contributed by atoms with Gasteiger partial charge < -0.3 is 5.32 Å². The first-order chi connectivity index (χ1) is 7.62. The Labute approximate surface area is 98.4 Å². The van der Waals surface area contributed by atoms with Crippen LogP contribution in [-0.4, -0.2) is 45.2 Å². The molecule has 16 heavy (non-hydrogen) atoms. The summed E-state index contributed by atoms with van der Waals surface area (Å²) in [6, 6.07) is 0. The highest BCUT2D eigenvalue weighted by Crippen LogP contribution is 2.32. The van der Waals surface area contributed by atoms with Crippen molar-refractivity contribution < 1.29 is 8.42 Å². The maximum absolute atomic E-state index is 12.1. The first kappa shape index (κ1) is 12.3. The van der Waals surface area contributed by atoms with Gasteiger partial charge in [0.15, 0.2) is 0 Å². The molecule has 0 aromatic carbocycles. The smallest absolute Gasteiger partial charge is 0.214 e. The third-order valence-electron chi connectivity index (χ3n) is 3.51. The highest BCUT2D eigenvalue weighted by atomic mass is 32.2. The predicted molar refractivity (Wildman–Crippen MR) is 64.7 cm³/mol. The van der Waals surface area contributed by atoms with Crippen LogP contribution < -0.4 is 5.32 Å². The Balaban J connectivity index is 1.91. The van der Waals surface area contributed by atoms with Gasteiger partial charge in [0.1, 0.15) is 0 Å². The molecule has 0 spiro atoms. The summed E-state index contributed by atoms with van der Waals surface area (Å²) in [7, 11) is -1.04. The number of sulfonamides is 1. The van der Waals surface area contributed by atoms with E-state index in [1.54, 1.807) is 4.31 Å². The fraction of sp³-hybridized carbons (Fsp3) is 1.00. The second-order valence-electron chi connectivity index (χ2n) is 5.15. The Morgan fingerprint density at radius 1 is 1.25 bits per heavy atom. The molecular formula is C11H22N2O2S. The van der Waals surface area contributed by atoms with E-state index in [9.17, 15) is 8.42 Å². The molecule has 1 atom stereocenters. The van der Waals surface area contributed by atoms with Crippen molar-refractivity contribution in [1.82, 2.24) is 9.62 Å². The molecule has 1 aliphatic carbocycles. The molecule has 1 heterocycles. The Morgan fingerprint density at radius 2 is 2.00 bits per heavy atom. The summed E-state index contributed by atoms with van der Waals surface area (Å²) < 4.78 is 25.9. The molecule has 94 valence electrons. The van der Waals surface area contributed by atoms with Crippen LogP contribution in [0.2, 0.25) is 0 Å². The minimum Gasteiger partial charge on any atom is -0.319 e. The first-order valence-electron chi connectivity index (χ1n) is 6.24. The van der Waals surface area contributed by atoms with Gasteiger partial charge in [-0.1, -0.05) is 0 Å². The molecule has 0 aromatic rings. The van der Waals surface area contributed by atoms with E-state index in [0.29, 0.717) is 17.6 Å². The minimum atomic E-state index is -2.97. The van der Waals surface area contributed by atoms with Crippen LogP contribution in [0.1, 0.15) is 25.7 Å². The highest BCUT2D eigenvalue weighted by Gasteiger charge is 2.34. The van der Waals surface area contributed by atoms with Crippen LogP contribution in [0.15, 0.2) is 0 Å². The van der Waals surface area contributed by atoms with E-state index in [1.807, 2.05) is 7.05 Å². The highest BCUT2D eigenvalue weighted by molar-refractivity contribution is 7.89. The normalized spacial score (nSPS) is 28.2. The van der Waals surface area contributed by atoms with Crippen LogP contribution in [0.3, 0.4) is 0 Å². The lowest BCUT2D eigenvalue weighted by Gasteiger charge is -2.31. The minimum absolute atomic E-state index is 0.388. The third kappa shape index (κ3) is 3.18. The summed E-state index contributed by atoms with van der Waals surface area (Å²) in [6.07, 6.45) is 4.37. The summed E-state index contributed by atoms with van der Waals surface area (Å²) in [5.74, 6) is 1.33. The van der Waals surface area contributed by atoms with Crippen molar-refractivity contribution in [2.45, 2.75) is 25.7 Å². The van der Waals surface area contributed by atoms with Gasteiger partial charge in [-0.15, -0.1) is 0 Å². The maximum atomic E-state index is 12.1. The SMILES string of the molecule is CNCC1CCCN(S(=O)(=O)CC2CC2)C1. The lowest BCUT2D eigenvalue weighted by Crippen LogP contribution is -2.43. The summed E-state index contributed by atoms with van der Waals surface area (Å²) >= 11 is 0. The number of hydrogen-bond acceptors (Lipinski definition) is 3. The van der Waals surface area contributed by atoms with Crippen LogP contribution >= 0.6 is 0 Å². The second-order valence-corrected chi connectivity index (χ2v) is 7.16. The van der Waals surface area contributed by atoms with E-state index in [4.69, 9.17) is 0 Å². The van der Waals surface area contributed by atoms with Crippen molar-refractivity contribution in [3.8, 4) is 0 Å². The average Bonchev–Trinajstić information content (AvgIpc) is 3.02. The van der Waals surface area contributed by atoms with Gasteiger partial charge in [0.25, 0.3) is 0 Å². The molecule has 2 rings (SSSR count). The standard InChI is InChI=1S/C11H22N2O2S/c1-12-7-11-3-2-6-13(8-11)16(14,15)9-10-4-5-10/h10-12H,2-9H2,1H3. The zero-order valence-corrected chi connectivity index (χ0v) is 10.8. The zero-order chi connectivity index (χ0) is 11.6. The molecule has 0 aromatic heterocycles. The topological polar surface area (TPSA) is 49.4 Å². The van der Waals surface area contributed by atoms with E-state index in [-0.39, 0.29) is 0 Å². The summed E-state index contributed by atoms with van der Waals surface area (Å²) in [5, 5.41) is 3.14. The van der Waals surface area contributed by atoms with Gasteiger partial charge in [0.2, 0.25) is 10.0 Å². The van der Waals surface area contributed by atoms with Gasteiger partial charge in [-0.2, -0.15) is 0 Å². The van der Waals surface area contributed by atoms with Gasteiger partial charge in [-0.25, -0.2) is 12.7 Å². The summed E-state index contributed by atoms with van der Waals surface area (Å²) in [6.45, 7) is 2.38. The average molecular weight is 246 g/mol. The quantitative estimate of drug-likeness (QED) is 0.775. The van der Waals surface area contributed by atoms with Gasteiger partial charge in [-0.3, -0.25) is 0 Å². The molecule has 0 radical (unpaired) electrons. The van der Waals surface area contributed by atoms with E-state index in [2.05, 4.69) is 5.32 Å². The molecule has 1 aliphatic heterocycles. The van der Waals surface area contributed by atoms with Crippen LogP contribution in [0.25, 0.3) is 0 Å². The van der Waals surface area contributed by atoms with Crippen LogP contribution in [-0.2, 0) is 10.0 Å². The van der Waals surface area contributed by atoms with Gasteiger partial charge in [0, 0.05) is 13.1 Å². The lowest BCUT2D eigenvalue weighted by atomic mass is 10.00. The fourth-order valence-corrected chi connectivity index (χ4v) is 4.41. The van der Waals surface area contributed by atoms with Gasteiger partial charge in [-0.05, 0) is 51.1 Å². The predicted octanol–water partition coefficient (Wildman–Crippen LogP) is 0.658. The Kier molecular flexibility index (Phi) is 3.87. The van der Waals surface area contributed by atoms with Crippen molar-refractivity contribution in [2.24, 2.45) is 11.8 Å². The van der Waals surface area contributed by atoms with E-state index >= 15 is 0 Å². The molecule has 0 amide bonds. The van der Waals surface area contributed by atoms with Crippen LogP contribution in [0, 0.1) is 11.8 Å². The fourth-order valence-electron chi connectivity index (χ4n) is 2.42. The van der Waals surface area contributed by atoms with E-state index in [1.165, 1.54) is 0 Å². The number of piperidine rings is 1. The Bertz CT molecular complexity index is 323. The number of nitrogens with one attached hydrogen (secondary N) is 1. The van der Waals surface area contributed by atoms with Crippen molar-refractivity contribution in [1.29, 1.82) is 0 Å². The maximum Gasteiger partial charge on any atom is 0.214 e. The Hall–Kier alpha value is -0.130. The first-order valence-corrected chi connectivity index (χ1v) is 7.85. The molecule has 1 N–H and O–H groups in total. The Morgan fingerprint density at radius 3 is 2.62 bits per heavy atom. The van der Waals surface area contributed by atoms with Crippen molar-refractivity contribution in [3.63, 3.8) is 0 Å². The summed E-state index contributed by atoms with van der Waals surface area (Å²) in [4.78, 5) is 0. The van der Waals surface area contributed by atoms with E-state index in [0.717, 1.165) is 45.3 Å². The van der Waals surface area contributed by atoms with Gasteiger partial charge in [0.05, 0.1) is 5.75 Å². The van der Waals surface area contributed by atoms with E-state index < -0.39 is 10.0 Å². The van der Waals surface area contributed by atoms with Crippen LogP contribution in [0.4, 0.5) is 0 Å². The van der Waals surface area contributed by atoms with Crippen molar-refractivity contribution >= 4 is 10.0 Å². The largest absolute Gasteiger partial charge is 0.319 e. The van der Waals surface area contributed by atoms with Crippen molar-refractivity contribution in [2.75, 3.05) is 32.4 Å². The molecule has 1 saturated carbocycles. The molecular weight excluding hydrogens is 224 g/mol. The number of hydrogen-bond donors (Lipinski definition) is 1. The molecule has 1 saturated heterocycles. The van der Waals surface area contributed by atoms with Crippen LogP contribution in [0.5, 0.6) is 0 Å². The van der Waals surface area contributed by atoms with Gasteiger partial charge >= 0.3 is 0 Å². The molecule has 1 unspecified atom stereocenters.